The normalized spacial score (nSPS) is 15.7. The zero-order chi connectivity index (χ0) is 21.9. The van der Waals surface area contributed by atoms with Crippen LogP contribution in [-0.4, -0.2) is 37.6 Å². The van der Waals surface area contributed by atoms with Crippen LogP contribution in [0.4, 0.5) is 14.5 Å². The van der Waals surface area contributed by atoms with E-state index in [1.807, 2.05) is 0 Å². The molecule has 10 heteroatoms. The SMILES string of the molecule is NC(=O)Cc1ccc(NC(=O)C2CCN(S(=O)(=O)c3cc(F)ccc3F)CC2)cc1. The molecule has 30 heavy (non-hydrogen) atoms. The van der Waals surface area contributed by atoms with Gasteiger partial charge in [-0.1, -0.05) is 12.1 Å². The second kappa shape index (κ2) is 8.88. The zero-order valence-corrected chi connectivity index (χ0v) is 16.8. The molecule has 7 nitrogen and oxygen atoms in total. The second-order valence-electron chi connectivity index (χ2n) is 7.08. The van der Waals surface area contributed by atoms with Gasteiger partial charge in [0, 0.05) is 24.7 Å². The van der Waals surface area contributed by atoms with Crippen LogP contribution in [-0.2, 0) is 26.0 Å². The van der Waals surface area contributed by atoms with E-state index in [0.717, 1.165) is 22.0 Å². The van der Waals surface area contributed by atoms with Crippen LogP contribution in [0.1, 0.15) is 18.4 Å². The highest BCUT2D eigenvalue weighted by Crippen LogP contribution is 2.26. The summed E-state index contributed by atoms with van der Waals surface area (Å²) in [6, 6.07) is 8.96. The molecular weight excluding hydrogens is 416 g/mol. The van der Waals surface area contributed by atoms with Crippen molar-refractivity contribution in [1.82, 2.24) is 4.31 Å². The number of hydrogen-bond donors (Lipinski definition) is 2. The highest BCUT2D eigenvalue weighted by atomic mass is 32.2. The van der Waals surface area contributed by atoms with Crippen molar-refractivity contribution in [1.29, 1.82) is 0 Å². The molecule has 1 fully saturated rings. The molecular formula is C20H21F2N3O4S. The largest absolute Gasteiger partial charge is 0.369 e. The molecule has 2 aromatic rings. The van der Waals surface area contributed by atoms with E-state index in [2.05, 4.69) is 5.32 Å². The predicted molar refractivity (Wildman–Crippen MR) is 106 cm³/mol. The minimum Gasteiger partial charge on any atom is -0.369 e. The van der Waals surface area contributed by atoms with Crippen molar-refractivity contribution in [3.63, 3.8) is 0 Å². The van der Waals surface area contributed by atoms with Crippen molar-refractivity contribution in [2.24, 2.45) is 11.7 Å². The summed E-state index contributed by atoms with van der Waals surface area (Å²) in [5.74, 6) is -2.99. The molecule has 0 aliphatic carbocycles. The molecule has 2 amide bonds. The Labute approximate surface area is 172 Å². The molecule has 1 aliphatic heterocycles. The average Bonchev–Trinajstić information content (AvgIpc) is 2.71. The van der Waals surface area contributed by atoms with Gasteiger partial charge in [-0.2, -0.15) is 4.31 Å². The molecule has 3 N–H and O–H groups in total. The lowest BCUT2D eigenvalue weighted by Gasteiger charge is -2.30. The molecule has 0 spiro atoms. The third-order valence-electron chi connectivity index (χ3n) is 4.94. The van der Waals surface area contributed by atoms with Crippen molar-refractivity contribution in [2.45, 2.75) is 24.2 Å². The Bertz CT molecular complexity index is 1050. The van der Waals surface area contributed by atoms with Gasteiger partial charge in [-0.3, -0.25) is 9.59 Å². The summed E-state index contributed by atoms with van der Waals surface area (Å²) in [5.41, 5.74) is 6.41. The number of halogens is 2. The Morgan fingerprint density at radius 2 is 1.70 bits per heavy atom. The number of sulfonamides is 1. The summed E-state index contributed by atoms with van der Waals surface area (Å²) in [7, 11) is -4.19. The number of anilines is 1. The van der Waals surface area contributed by atoms with Crippen LogP contribution in [0, 0.1) is 17.6 Å². The van der Waals surface area contributed by atoms with Gasteiger partial charge in [0.1, 0.15) is 16.5 Å². The first-order chi connectivity index (χ1) is 14.2. The van der Waals surface area contributed by atoms with Gasteiger partial charge in [-0.05, 0) is 48.7 Å². The monoisotopic (exact) mass is 437 g/mol. The maximum absolute atomic E-state index is 13.9. The van der Waals surface area contributed by atoms with Crippen molar-refractivity contribution in [3.05, 3.63) is 59.7 Å². The van der Waals surface area contributed by atoms with Crippen LogP contribution in [0.3, 0.4) is 0 Å². The summed E-state index contributed by atoms with van der Waals surface area (Å²) >= 11 is 0. The maximum Gasteiger partial charge on any atom is 0.246 e. The molecule has 160 valence electrons. The van der Waals surface area contributed by atoms with Crippen LogP contribution in [0.2, 0.25) is 0 Å². The topological polar surface area (TPSA) is 110 Å². The van der Waals surface area contributed by atoms with E-state index in [0.29, 0.717) is 11.8 Å². The fourth-order valence-corrected chi connectivity index (χ4v) is 4.87. The van der Waals surface area contributed by atoms with E-state index in [-0.39, 0.29) is 38.3 Å². The average molecular weight is 437 g/mol. The zero-order valence-electron chi connectivity index (χ0n) is 16.0. The number of primary amides is 1. The second-order valence-corrected chi connectivity index (χ2v) is 8.99. The number of nitrogens with zero attached hydrogens (tertiary/aromatic N) is 1. The Hall–Kier alpha value is -2.85. The first-order valence-electron chi connectivity index (χ1n) is 9.30. The third-order valence-corrected chi connectivity index (χ3v) is 6.85. The molecule has 0 aromatic heterocycles. The van der Waals surface area contributed by atoms with Crippen LogP contribution in [0.5, 0.6) is 0 Å². The number of hydrogen-bond acceptors (Lipinski definition) is 4. The standard InChI is InChI=1S/C20H21F2N3O4S/c21-15-3-6-17(22)18(12-15)30(28,29)25-9-7-14(8-10-25)20(27)24-16-4-1-13(2-5-16)11-19(23)26/h1-6,12,14H,7-11H2,(H2,23,26)(H,24,27). The highest BCUT2D eigenvalue weighted by molar-refractivity contribution is 7.89. The summed E-state index contributed by atoms with van der Waals surface area (Å²) in [4.78, 5) is 22.7. The summed E-state index contributed by atoms with van der Waals surface area (Å²) in [6.45, 7) is 0.0435. The number of nitrogens with one attached hydrogen (secondary N) is 1. The molecule has 0 saturated carbocycles. The van der Waals surface area contributed by atoms with Gasteiger partial charge in [0.25, 0.3) is 0 Å². The fourth-order valence-electron chi connectivity index (χ4n) is 3.32. The quantitative estimate of drug-likeness (QED) is 0.721. The van der Waals surface area contributed by atoms with Crippen molar-refractivity contribution in [3.8, 4) is 0 Å². The summed E-state index contributed by atoms with van der Waals surface area (Å²) in [5, 5.41) is 2.76. The number of rotatable bonds is 6. The molecule has 0 radical (unpaired) electrons. The van der Waals surface area contributed by atoms with E-state index in [4.69, 9.17) is 5.73 Å². The fraction of sp³-hybridized carbons (Fsp3) is 0.300. The molecule has 2 aromatic carbocycles. The van der Waals surface area contributed by atoms with Crippen LogP contribution >= 0.6 is 0 Å². The summed E-state index contributed by atoms with van der Waals surface area (Å²) < 4.78 is 53.6. The van der Waals surface area contributed by atoms with Gasteiger partial charge in [0.15, 0.2) is 0 Å². The van der Waals surface area contributed by atoms with E-state index in [1.165, 1.54) is 0 Å². The molecule has 0 atom stereocenters. The lowest BCUT2D eigenvalue weighted by Crippen LogP contribution is -2.41. The Balaban J connectivity index is 1.60. The third kappa shape index (κ3) is 5.00. The Morgan fingerprint density at radius 3 is 2.30 bits per heavy atom. The number of carbonyl (C=O) groups is 2. The minimum absolute atomic E-state index is 0.0217. The lowest BCUT2D eigenvalue weighted by atomic mass is 9.97. The van der Waals surface area contributed by atoms with Gasteiger partial charge >= 0.3 is 0 Å². The number of benzene rings is 2. The van der Waals surface area contributed by atoms with Gasteiger partial charge in [0.2, 0.25) is 21.8 Å². The van der Waals surface area contributed by atoms with E-state index in [9.17, 15) is 26.8 Å². The van der Waals surface area contributed by atoms with Gasteiger partial charge in [-0.15, -0.1) is 0 Å². The molecule has 0 unspecified atom stereocenters. The number of amides is 2. The van der Waals surface area contributed by atoms with Crippen LogP contribution < -0.4 is 11.1 Å². The molecule has 1 saturated heterocycles. The molecule has 0 bridgehead atoms. The van der Waals surface area contributed by atoms with Gasteiger partial charge in [0.05, 0.1) is 6.42 Å². The highest BCUT2D eigenvalue weighted by Gasteiger charge is 2.33. The van der Waals surface area contributed by atoms with Crippen molar-refractivity contribution in [2.75, 3.05) is 18.4 Å². The van der Waals surface area contributed by atoms with Crippen molar-refractivity contribution >= 4 is 27.5 Å². The number of nitrogens with two attached hydrogens (primary N) is 1. The van der Waals surface area contributed by atoms with Gasteiger partial charge < -0.3 is 11.1 Å². The molecule has 3 rings (SSSR count). The van der Waals surface area contributed by atoms with Crippen molar-refractivity contribution < 1.29 is 26.8 Å². The molecule has 1 aliphatic rings. The van der Waals surface area contributed by atoms with Crippen LogP contribution in [0.25, 0.3) is 0 Å². The minimum atomic E-state index is -4.19. The van der Waals surface area contributed by atoms with Crippen LogP contribution in [0.15, 0.2) is 47.4 Å². The Morgan fingerprint density at radius 1 is 1.07 bits per heavy atom. The smallest absolute Gasteiger partial charge is 0.246 e. The molecule has 1 heterocycles. The Kier molecular flexibility index (Phi) is 6.47. The predicted octanol–water partition coefficient (Wildman–Crippen LogP) is 2.03. The first kappa shape index (κ1) is 21.8. The number of carbonyl (C=O) groups excluding carboxylic acids is 2. The number of piperidine rings is 1. The maximum atomic E-state index is 13.9. The van der Waals surface area contributed by atoms with E-state index >= 15 is 0 Å². The van der Waals surface area contributed by atoms with E-state index < -0.39 is 38.4 Å². The lowest BCUT2D eigenvalue weighted by molar-refractivity contribution is -0.121. The summed E-state index contributed by atoms with van der Waals surface area (Å²) in [6.07, 6.45) is 0.608. The van der Waals surface area contributed by atoms with E-state index in [1.54, 1.807) is 24.3 Å². The first-order valence-corrected chi connectivity index (χ1v) is 10.7. The van der Waals surface area contributed by atoms with Gasteiger partial charge in [-0.25, -0.2) is 17.2 Å².